The van der Waals surface area contributed by atoms with Crippen LogP contribution in [0.25, 0.3) is 16.9 Å². The summed E-state index contributed by atoms with van der Waals surface area (Å²) in [6, 6.07) is 22.2. The number of para-hydroxylation sites is 1. The maximum atomic E-state index is 12.9. The number of carbonyl (C=O) groups excluding carboxylic acids is 2. The van der Waals surface area contributed by atoms with Crippen molar-refractivity contribution in [3.05, 3.63) is 95.2 Å². The predicted molar refractivity (Wildman–Crippen MR) is 134 cm³/mol. The van der Waals surface area contributed by atoms with Gasteiger partial charge in [0.05, 0.1) is 27.0 Å². The fourth-order valence-electron chi connectivity index (χ4n) is 3.82. The van der Waals surface area contributed by atoms with Crippen LogP contribution in [0, 0.1) is 6.92 Å². The summed E-state index contributed by atoms with van der Waals surface area (Å²) in [5.41, 5.74) is 3.50. The van der Waals surface area contributed by atoms with Gasteiger partial charge in [0.1, 0.15) is 17.9 Å². The summed E-state index contributed by atoms with van der Waals surface area (Å²) in [6.07, 6.45) is 0. The van der Waals surface area contributed by atoms with Crippen LogP contribution in [0.5, 0.6) is 11.5 Å². The second kappa shape index (κ2) is 10.8. The van der Waals surface area contributed by atoms with E-state index in [9.17, 15) is 9.59 Å². The Labute approximate surface area is 209 Å². The third-order valence-corrected chi connectivity index (χ3v) is 5.74. The molecular formula is C28H26N2O6. The van der Waals surface area contributed by atoms with E-state index in [1.807, 2.05) is 37.3 Å². The van der Waals surface area contributed by atoms with Crippen LogP contribution >= 0.6 is 0 Å². The van der Waals surface area contributed by atoms with E-state index < -0.39 is 11.9 Å². The molecule has 184 valence electrons. The number of hydrogen-bond acceptors (Lipinski definition) is 7. The van der Waals surface area contributed by atoms with E-state index in [0.717, 1.165) is 11.1 Å². The van der Waals surface area contributed by atoms with Gasteiger partial charge in [-0.3, -0.25) is 0 Å². The van der Waals surface area contributed by atoms with Crippen molar-refractivity contribution in [2.75, 3.05) is 21.3 Å². The van der Waals surface area contributed by atoms with Crippen LogP contribution in [0.3, 0.4) is 0 Å². The van der Waals surface area contributed by atoms with Crippen LogP contribution in [0.4, 0.5) is 0 Å². The number of nitrogens with zero attached hydrogens (tertiary/aromatic N) is 2. The van der Waals surface area contributed by atoms with Crippen LogP contribution < -0.4 is 9.47 Å². The first-order chi connectivity index (χ1) is 17.5. The van der Waals surface area contributed by atoms with E-state index in [2.05, 4.69) is 5.10 Å². The average Bonchev–Trinajstić information content (AvgIpc) is 3.33. The molecule has 0 bridgehead atoms. The van der Waals surface area contributed by atoms with Crippen LogP contribution in [0.15, 0.2) is 72.8 Å². The van der Waals surface area contributed by atoms with Gasteiger partial charge in [0.2, 0.25) is 0 Å². The van der Waals surface area contributed by atoms with Crippen molar-refractivity contribution in [1.29, 1.82) is 0 Å². The summed E-state index contributed by atoms with van der Waals surface area (Å²) in [4.78, 5) is 25.6. The maximum Gasteiger partial charge on any atom is 0.357 e. The fraction of sp³-hybridized carbons (Fsp3) is 0.179. The molecule has 0 spiro atoms. The second-order valence-electron chi connectivity index (χ2n) is 7.88. The molecule has 0 aliphatic rings. The Bertz CT molecular complexity index is 1390. The van der Waals surface area contributed by atoms with Gasteiger partial charge in [0.15, 0.2) is 17.2 Å². The lowest BCUT2D eigenvalue weighted by Gasteiger charge is -2.13. The number of ether oxygens (including phenoxy) is 4. The lowest BCUT2D eigenvalue weighted by Crippen LogP contribution is -2.15. The SMILES string of the molecule is COC(=O)c1c(-c2ccc(OCc3ccccc3C)c(OC)c2)nn(-c2ccccc2)c1C(=O)OC. The molecule has 1 aromatic heterocycles. The van der Waals surface area contributed by atoms with Gasteiger partial charge >= 0.3 is 11.9 Å². The van der Waals surface area contributed by atoms with E-state index in [1.165, 1.54) is 26.0 Å². The molecule has 1 heterocycles. The Morgan fingerprint density at radius 1 is 0.833 bits per heavy atom. The summed E-state index contributed by atoms with van der Waals surface area (Å²) in [5, 5.41) is 4.62. The number of esters is 2. The molecule has 36 heavy (non-hydrogen) atoms. The predicted octanol–water partition coefficient (Wildman–Crippen LogP) is 5.01. The highest BCUT2D eigenvalue weighted by molar-refractivity contribution is 6.06. The van der Waals surface area contributed by atoms with Gasteiger partial charge in [-0.1, -0.05) is 42.5 Å². The van der Waals surface area contributed by atoms with Gasteiger partial charge in [0.25, 0.3) is 0 Å². The molecule has 0 aliphatic heterocycles. The molecular weight excluding hydrogens is 460 g/mol. The summed E-state index contributed by atoms with van der Waals surface area (Å²) in [5.74, 6) is -0.458. The van der Waals surface area contributed by atoms with Crippen molar-refractivity contribution < 1.29 is 28.5 Å². The highest BCUT2D eigenvalue weighted by Crippen LogP contribution is 2.36. The van der Waals surface area contributed by atoms with Crippen molar-refractivity contribution in [3.8, 4) is 28.4 Å². The molecule has 0 amide bonds. The largest absolute Gasteiger partial charge is 0.493 e. The standard InChI is InChI=1S/C28H26N2O6/c1-18-10-8-9-11-20(18)17-36-22-15-14-19(16-23(22)33-2)25-24(27(31)34-3)26(28(32)35-4)30(29-25)21-12-6-5-7-13-21/h5-16H,17H2,1-4H3. The summed E-state index contributed by atoms with van der Waals surface area (Å²) in [6.45, 7) is 2.39. The van der Waals surface area contributed by atoms with Gasteiger partial charge in [-0.15, -0.1) is 0 Å². The molecule has 0 N–H and O–H groups in total. The van der Waals surface area contributed by atoms with Crippen LogP contribution in [-0.2, 0) is 16.1 Å². The highest BCUT2D eigenvalue weighted by Gasteiger charge is 2.31. The minimum Gasteiger partial charge on any atom is -0.493 e. The average molecular weight is 487 g/mol. The summed E-state index contributed by atoms with van der Waals surface area (Å²) >= 11 is 0. The molecule has 0 atom stereocenters. The first-order valence-electron chi connectivity index (χ1n) is 11.2. The lowest BCUT2D eigenvalue weighted by atomic mass is 10.0. The zero-order valence-electron chi connectivity index (χ0n) is 20.5. The minimum absolute atomic E-state index is 0.0103. The van der Waals surface area contributed by atoms with E-state index in [-0.39, 0.29) is 17.0 Å². The number of benzene rings is 3. The topological polar surface area (TPSA) is 88.9 Å². The molecule has 4 aromatic rings. The quantitative estimate of drug-likeness (QED) is 0.324. The van der Waals surface area contributed by atoms with E-state index in [1.54, 1.807) is 42.5 Å². The fourth-order valence-corrected chi connectivity index (χ4v) is 3.82. The molecule has 8 nitrogen and oxygen atoms in total. The van der Waals surface area contributed by atoms with Gasteiger partial charge < -0.3 is 18.9 Å². The minimum atomic E-state index is -0.719. The normalized spacial score (nSPS) is 10.6. The number of aromatic nitrogens is 2. The van der Waals surface area contributed by atoms with Gasteiger partial charge in [0, 0.05) is 5.56 Å². The first kappa shape index (κ1) is 24.5. The monoisotopic (exact) mass is 486 g/mol. The van der Waals surface area contributed by atoms with Crippen molar-refractivity contribution >= 4 is 11.9 Å². The molecule has 0 saturated carbocycles. The Morgan fingerprint density at radius 3 is 2.19 bits per heavy atom. The maximum absolute atomic E-state index is 12.9. The first-order valence-corrected chi connectivity index (χ1v) is 11.2. The molecule has 0 radical (unpaired) electrons. The smallest absolute Gasteiger partial charge is 0.357 e. The molecule has 0 saturated heterocycles. The zero-order valence-corrected chi connectivity index (χ0v) is 20.5. The van der Waals surface area contributed by atoms with Gasteiger partial charge in [-0.05, 0) is 48.4 Å². The van der Waals surface area contributed by atoms with Crippen molar-refractivity contribution in [2.24, 2.45) is 0 Å². The van der Waals surface area contributed by atoms with Gasteiger partial charge in [-0.2, -0.15) is 5.10 Å². The second-order valence-corrected chi connectivity index (χ2v) is 7.88. The van der Waals surface area contributed by atoms with Crippen LogP contribution in [-0.4, -0.2) is 43.0 Å². The molecule has 0 unspecified atom stereocenters. The lowest BCUT2D eigenvalue weighted by molar-refractivity contribution is 0.0549. The van der Waals surface area contributed by atoms with Crippen LogP contribution in [0.1, 0.15) is 32.0 Å². The Kier molecular flexibility index (Phi) is 7.34. The van der Waals surface area contributed by atoms with E-state index >= 15 is 0 Å². The Morgan fingerprint density at radius 2 is 1.53 bits per heavy atom. The number of rotatable bonds is 8. The number of aryl methyl sites for hydroxylation is 1. The number of methoxy groups -OCH3 is 3. The van der Waals surface area contributed by atoms with Crippen molar-refractivity contribution in [3.63, 3.8) is 0 Å². The van der Waals surface area contributed by atoms with Gasteiger partial charge in [-0.25, -0.2) is 14.3 Å². The van der Waals surface area contributed by atoms with Crippen LogP contribution in [0.2, 0.25) is 0 Å². The zero-order chi connectivity index (χ0) is 25.7. The van der Waals surface area contributed by atoms with Crippen molar-refractivity contribution in [1.82, 2.24) is 9.78 Å². The Balaban J connectivity index is 1.81. The molecule has 0 aliphatic carbocycles. The van der Waals surface area contributed by atoms with E-state index in [4.69, 9.17) is 18.9 Å². The number of hydrogen-bond donors (Lipinski definition) is 0. The number of carbonyl (C=O) groups is 2. The summed E-state index contributed by atoms with van der Waals surface area (Å²) in [7, 11) is 4.02. The third-order valence-electron chi connectivity index (χ3n) is 5.74. The molecule has 4 rings (SSSR count). The molecule has 8 heteroatoms. The summed E-state index contributed by atoms with van der Waals surface area (Å²) < 4.78 is 23.0. The molecule has 0 fully saturated rings. The van der Waals surface area contributed by atoms with Crippen molar-refractivity contribution in [2.45, 2.75) is 13.5 Å². The highest BCUT2D eigenvalue weighted by atomic mass is 16.5. The third kappa shape index (κ3) is 4.79. The Hall–Kier alpha value is -4.59. The molecule has 3 aromatic carbocycles. The van der Waals surface area contributed by atoms with E-state index in [0.29, 0.717) is 29.4 Å².